The van der Waals surface area contributed by atoms with Crippen LogP contribution in [0.3, 0.4) is 0 Å². The molecule has 0 aromatic heterocycles. The van der Waals surface area contributed by atoms with E-state index in [9.17, 15) is 4.79 Å². The summed E-state index contributed by atoms with van der Waals surface area (Å²) in [5, 5.41) is 2.88. The van der Waals surface area contributed by atoms with Crippen LogP contribution in [0.25, 0.3) is 0 Å². The minimum absolute atomic E-state index is 0.000119. The lowest BCUT2D eigenvalue weighted by Crippen LogP contribution is -2.41. The van der Waals surface area contributed by atoms with Crippen molar-refractivity contribution in [1.29, 1.82) is 0 Å². The van der Waals surface area contributed by atoms with Gasteiger partial charge in [0.05, 0.1) is 6.04 Å². The van der Waals surface area contributed by atoms with Gasteiger partial charge in [0, 0.05) is 6.54 Å². The summed E-state index contributed by atoms with van der Waals surface area (Å²) in [7, 11) is 0. The third kappa shape index (κ3) is 10.9. The van der Waals surface area contributed by atoms with Crippen molar-refractivity contribution < 1.29 is 4.79 Å². The lowest BCUT2D eigenvalue weighted by atomic mass is 9.94. The summed E-state index contributed by atoms with van der Waals surface area (Å²) in [6, 6.07) is -0.344. The Kier molecular flexibility index (Phi) is 9.56. The average molecular weight is 274 g/mol. The predicted molar refractivity (Wildman–Crippen MR) is 81.9 cm³/mol. The molecule has 0 aliphatic heterocycles. The van der Waals surface area contributed by atoms with Crippen LogP contribution >= 0.6 is 11.8 Å². The zero-order valence-corrected chi connectivity index (χ0v) is 13.2. The monoisotopic (exact) mass is 274 g/mol. The minimum Gasteiger partial charge on any atom is -0.355 e. The molecule has 3 nitrogen and oxygen atoms in total. The predicted octanol–water partition coefficient (Wildman–Crippen LogP) is 2.79. The summed E-state index contributed by atoms with van der Waals surface area (Å²) >= 11 is 1.89. The van der Waals surface area contributed by atoms with E-state index >= 15 is 0 Å². The van der Waals surface area contributed by atoms with Gasteiger partial charge < -0.3 is 11.1 Å². The van der Waals surface area contributed by atoms with Crippen LogP contribution in [0.5, 0.6) is 0 Å². The van der Waals surface area contributed by atoms with E-state index in [1.165, 1.54) is 6.42 Å². The molecule has 0 aliphatic rings. The van der Waals surface area contributed by atoms with Crippen LogP contribution in [0.15, 0.2) is 0 Å². The van der Waals surface area contributed by atoms with Crippen LogP contribution in [0.1, 0.15) is 53.4 Å². The van der Waals surface area contributed by atoms with Gasteiger partial charge in [0.25, 0.3) is 0 Å². The Labute approximate surface area is 117 Å². The summed E-state index contributed by atoms with van der Waals surface area (Å²) in [5.74, 6) is 2.12. The Morgan fingerprint density at radius 1 is 1.33 bits per heavy atom. The fourth-order valence-corrected chi connectivity index (χ4v) is 2.72. The Balaban J connectivity index is 3.52. The Bertz CT molecular complexity index is 226. The van der Waals surface area contributed by atoms with Crippen LogP contribution in [-0.4, -0.2) is 30.0 Å². The molecule has 1 amide bonds. The van der Waals surface area contributed by atoms with Crippen LogP contribution in [-0.2, 0) is 4.79 Å². The maximum Gasteiger partial charge on any atom is 0.236 e. The number of rotatable bonds is 9. The molecule has 0 aromatic carbocycles. The molecule has 1 unspecified atom stereocenters. The van der Waals surface area contributed by atoms with Crippen LogP contribution in [0, 0.1) is 5.41 Å². The third-order valence-electron chi connectivity index (χ3n) is 2.74. The molecule has 0 radical (unpaired) electrons. The summed E-state index contributed by atoms with van der Waals surface area (Å²) in [5.41, 5.74) is 6.24. The van der Waals surface area contributed by atoms with Crippen LogP contribution in [0.4, 0.5) is 0 Å². The van der Waals surface area contributed by atoms with Crippen molar-refractivity contribution in [3.05, 3.63) is 0 Å². The van der Waals surface area contributed by atoms with Crippen molar-refractivity contribution in [2.75, 3.05) is 18.1 Å². The van der Waals surface area contributed by atoms with E-state index in [4.69, 9.17) is 5.73 Å². The van der Waals surface area contributed by atoms with Gasteiger partial charge in [0.1, 0.15) is 0 Å². The first kappa shape index (κ1) is 17.8. The van der Waals surface area contributed by atoms with Crippen LogP contribution in [0.2, 0.25) is 0 Å². The Morgan fingerprint density at radius 2 is 2.00 bits per heavy atom. The second-order valence-corrected chi connectivity index (χ2v) is 7.19. The molecule has 1 atom stereocenters. The second-order valence-electron chi connectivity index (χ2n) is 5.96. The zero-order valence-electron chi connectivity index (χ0n) is 12.4. The Morgan fingerprint density at radius 3 is 2.56 bits per heavy atom. The number of nitrogens with one attached hydrogen (secondary N) is 1. The van der Waals surface area contributed by atoms with Crippen molar-refractivity contribution in [3.8, 4) is 0 Å². The Hall–Kier alpha value is -0.220. The lowest BCUT2D eigenvalue weighted by Gasteiger charge is -2.17. The lowest BCUT2D eigenvalue weighted by molar-refractivity contribution is -0.122. The molecule has 0 fully saturated rings. The SMILES string of the molecule is CCCCNC(=O)C(N)CCSCCC(C)(C)C. The van der Waals surface area contributed by atoms with E-state index < -0.39 is 0 Å². The van der Waals surface area contributed by atoms with E-state index in [0.717, 1.165) is 37.3 Å². The standard InChI is InChI=1S/C14H30N2OS/c1-5-6-9-16-13(17)12(15)7-10-18-11-8-14(2,3)4/h12H,5-11,15H2,1-4H3,(H,16,17). The first-order valence-corrected chi connectivity index (χ1v) is 8.13. The molecule has 0 rings (SSSR count). The van der Waals surface area contributed by atoms with Gasteiger partial charge in [0.2, 0.25) is 5.91 Å². The van der Waals surface area contributed by atoms with Gasteiger partial charge >= 0.3 is 0 Å². The highest BCUT2D eigenvalue weighted by Crippen LogP contribution is 2.21. The van der Waals surface area contributed by atoms with E-state index in [1.807, 2.05) is 11.8 Å². The average Bonchev–Trinajstić information content (AvgIpc) is 2.27. The second kappa shape index (κ2) is 9.68. The normalized spacial score (nSPS) is 13.4. The van der Waals surface area contributed by atoms with Gasteiger partial charge in [-0.05, 0) is 36.2 Å². The minimum atomic E-state index is -0.344. The van der Waals surface area contributed by atoms with Crippen molar-refractivity contribution in [1.82, 2.24) is 5.32 Å². The first-order chi connectivity index (χ1) is 8.37. The highest BCUT2D eigenvalue weighted by molar-refractivity contribution is 7.99. The molecule has 0 aromatic rings. The molecule has 18 heavy (non-hydrogen) atoms. The number of unbranched alkanes of at least 4 members (excludes halogenated alkanes) is 1. The summed E-state index contributed by atoms with van der Waals surface area (Å²) in [6.45, 7) is 9.61. The molecule has 4 heteroatoms. The fourth-order valence-electron chi connectivity index (χ4n) is 1.34. The van der Waals surface area contributed by atoms with E-state index in [2.05, 4.69) is 33.0 Å². The molecular weight excluding hydrogens is 244 g/mol. The van der Waals surface area contributed by atoms with Crippen molar-refractivity contribution >= 4 is 17.7 Å². The molecule has 108 valence electrons. The molecule has 0 spiro atoms. The maximum atomic E-state index is 11.6. The number of carbonyl (C=O) groups is 1. The fraction of sp³-hybridized carbons (Fsp3) is 0.929. The third-order valence-corrected chi connectivity index (χ3v) is 3.75. The van der Waals surface area contributed by atoms with Crippen molar-refractivity contribution in [2.45, 2.75) is 59.4 Å². The number of hydrogen-bond acceptors (Lipinski definition) is 3. The van der Waals surface area contributed by atoms with Gasteiger partial charge in [-0.1, -0.05) is 34.1 Å². The summed E-state index contributed by atoms with van der Waals surface area (Å²) in [4.78, 5) is 11.6. The van der Waals surface area contributed by atoms with Gasteiger partial charge in [0.15, 0.2) is 0 Å². The largest absolute Gasteiger partial charge is 0.355 e. The van der Waals surface area contributed by atoms with Crippen molar-refractivity contribution in [2.24, 2.45) is 11.1 Å². The summed E-state index contributed by atoms with van der Waals surface area (Å²) in [6.07, 6.45) is 4.10. The first-order valence-electron chi connectivity index (χ1n) is 6.98. The van der Waals surface area contributed by atoms with E-state index in [1.54, 1.807) is 0 Å². The maximum absolute atomic E-state index is 11.6. The molecule has 0 saturated carbocycles. The summed E-state index contributed by atoms with van der Waals surface area (Å²) < 4.78 is 0. The number of nitrogens with two attached hydrogens (primary N) is 1. The molecular formula is C14H30N2OS. The molecule has 0 aliphatic carbocycles. The van der Waals surface area contributed by atoms with Gasteiger partial charge in [-0.15, -0.1) is 0 Å². The highest BCUT2D eigenvalue weighted by atomic mass is 32.2. The van der Waals surface area contributed by atoms with Crippen LogP contribution < -0.4 is 11.1 Å². The topological polar surface area (TPSA) is 55.1 Å². The molecule has 3 N–H and O–H groups in total. The number of carbonyl (C=O) groups excluding carboxylic acids is 1. The smallest absolute Gasteiger partial charge is 0.236 e. The van der Waals surface area contributed by atoms with E-state index in [0.29, 0.717) is 5.41 Å². The van der Waals surface area contributed by atoms with Gasteiger partial charge in [-0.25, -0.2) is 0 Å². The molecule has 0 bridgehead atoms. The highest BCUT2D eigenvalue weighted by Gasteiger charge is 2.13. The molecule has 0 heterocycles. The van der Waals surface area contributed by atoms with Gasteiger partial charge in [-0.2, -0.15) is 11.8 Å². The van der Waals surface area contributed by atoms with Gasteiger partial charge in [-0.3, -0.25) is 4.79 Å². The van der Waals surface area contributed by atoms with E-state index in [-0.39, 0.29) is 11.9 Å². The number of thioether (sulfide) groups is 1. The number of hydrogen-bond donors (Lipinski definition) is 2. The number of amides is 1. The molecule has 0 saturated heterocycles. The quantitative estimate of drug-likeness (QED) is 0.636. The zero-order chi connectivity index (χ0) is 14.0. The van der Waals surface area contributed by atoms with Crippen molar-refractivity contribution in [3.63, 3.8) is 0 Å².